The van der Waals surface area contributed by atoms with Gasteiger partial charge in [-0.2, -0.15) is 0 Å². The number of carbonyl (C=O) groups is 1. The summed E-state index contributed by atoms with van der Waals surface area (Å²) in [6.07, 6.45) is 5.63. The molecule has 1 aromatic heterocycles. The van der Waals surface area contributed by atoms with Gasteiger partial charge in [-0.1, -0.05) is 35.5 Å². The van der Waals surface area contributed by atoms with Crippen molar-refractivity contribution in [2.75, 3.05) is 32.7 Å². The van der Waals surface area contributed by atoms with Crippen molar-refractivity contribution in [3.63, 3.8) is 0 Å². The fourth-order valence-electron chi connectivity index (χ4n) is 4.81. The van der Waals surface area contributed by atoms with Crippen molar-refractivity contribution in [3.8, 4) is 0 Å². The van der Waals surface area contributed by atoms with Gasteiger partial charge in [0.2, 0.25) is 5.91 Å². The molecule has 0 spiro atoms. The van der Waals surface area contributed by atoms with Crippen molar-refractivity contribution in [1.82, 2.24) is 20.3 Å². The van der Waals surface area contributed by atoms with Crippen LogP contribution in [0.3, 0.4) is 0 Å². The summed E-state index contributed by atoms with van der Waals surface area (Å²) in [5.74, 6) is 0.948. The molecule has 1 atom stereocenters. The van der Waals surface area contributed by atoms with Crippen LogP contribution in [0, 0.1) is 12.8 Å². The molecule has 162 valence electrons. The largest absolute Gasteiger partial charge is 0.359 e. The third kappa shape index (κ3) is 5.70. The smallest absolute Gasteiger partial charge is 0.224 e. The molecule has 0 saturated carbocycles. The Bertz CT molecular complexity index is 799. The van der Waals surface area contributed by atoms with E-state index in [0.717, 1.165) is 63.4 Å². The predicted molar refractivity (Wildman–Crippen MR) is 117 cm³/mol. The van der Waals surface area contributed by atoms with Gasteiger partial charge in [0.05, 0.1) is 18.2 Å². The number of benzene rings is 1. The van der Waals surface area contributed by atoms with Crippen molar-refractivity contribution in [2.24, 2.45) is 5.92 Å². The second kappa shape index (κ2) is 10.2. The zero-order valence-corrected chi connectivity index (χ0v) is 18.1. The number of likely N-dealkylation sites (tertiary alicyclic amines) is 2. The van der Waals surface area contributed by atoms with E-state index in [1.54, 1.807) is 0 Å². The molecule has 6 heteroatoms. The number of piperidine rings is 2. The molecule has 1 N–H and O–H groups in total. The monoisotopic (exact) mass is 410 g/mol. The van der Waals surface area contributed by atoms with Gasteiger partial charge in [-0.25, -0.2) is 0 Å². The molecule has 30 heavy (non-hydrogen) atoms. The first kappa shape index (κ1) is 21.1. The third-order valence-electron chi connectivity index (χ3n) is 6.57. The minimum Gasteiger partial charge on any atom is -0.359 e. The number of hydrogen-bond donors (Lipinski definition) is 1. The Hall–Kier alpha value is -2.18. The van der Waals surface area contributed by atoms with Crippen molar-refractivity contribution in [3.05, 3.63) is 53.4 Å². The maximum atomic E-state index is 12.7. The van der Waals surface area contributed by atoms with Gasteiger partial charge in [0.25, 0.3) is 0 Å². The van der Waals surface area contributed by atoms with Gasteiger partial charge in [0.15, 0.2) is 5.76 Å². The third-order valence-corrected chi connectivity index (χ3v) is 6.57. The number of rotatable bonds is 7. The summed E-state index contributed by atoms with van der Waals surface area (Å²) in [4.78, 5) is 17.8. The lowest BCUT2D eigenvalue weighted by atomic mass is 9.93. The summed E-state index contributed by atoms with van der Waals surface area (Å²) in [6.45, 7) is 7.79. The Kier molecular flexibility index (Phi) is 7.18. The van der Waals surface area contributed by atoms with E-state index in [9.17, 15) is 4.79 Å². The summed E-state index contributed by atoms with van der Waals surface area (Å²) < 4.78 is 5.20. The molecule has 0 bridgehead atoms. The number of aryl methyl sites for hydroxylation is 1. The van der Waals surface area contributed by atoms with Crippen LogP contribution in [0.15, 0.2) is 40.9 Å². The van der Waals surface area contributed by atoms with Crippen LogP contribution in [-0.4, -0.2) is 59.6 Å². The topological polar surface area (TPSA) is 61.6 Å². The fourth-order valence-corrected chi connectivity index (χ4v) is 4.81. The minimum absolute atomic E-state index is 0.0823. The van der Waals surface area contributed by atoms with Crippen molar-refractivity contribution in [2.45, 2.75) is 51.6 Å². The Morgan fingerprint density at radius 1 is 1.17 bits per heavy atom. The van der Waals surface area contributed by atoms with Crippen LogP contribution in [0.1, 0.15) is 42.7 Å². The van der Waals surface area contributed by atoms with Crippen LogP contribution in [0.25, 0.3) is 0 Å². The Balaban J connectivity index is 1.19. The lowest BCUT2D eigenvalue weighted by Gasteiger charge is -2.42. The molecule has 2 aliphatic heterocycles. The van der Waals surface area contributed by atoms with E-state index in [0.29, 0.717) is 12.6 Å². The van der Waals surface area contributed by atoms with Crippen LogP contribution in [0.5, 0.6) is 0 Å². The number of nitrogens with zero attached hydrogens (tertiary/aromatic N) is 3. The lowest BCUT2D eigenvalue weighted by Crippen LogP contribution is -2.50. The van der Waals surface area contributed by atoms with Gasteiger partial charge >= 0.3 is 0 Å². The number of carbonyl (C=O) groups excluding carboxylic acids is 1. The molecule has 2 aliphatic rings. The number of aromatic nitrogens is 1. The first-order valence-corrected chi connectivity index (χ1v) is 11.4. The summed E-state index contributed by atoms with van der Waals surface area (Å²) in [5, 5.41) is 6.92. The number of amides is 1. The molecular formula is C24H34N4O2. The van der Waals surface area contributed by atoms with E-state index in [1.807, 2.05) is 13.0 Å². The summed E-state index contributed by atoms with van der Waals surface area (Å²) >= 11 is 0. The summed E-state index contributed by atoms with van der Waals surface area (Å²) in [5.41, 5.74) is 2.27. The highest BCUT2D eigenvalue weighted by atomic mass is 16.5. The maximum absolute atomic E-state index is 12.7. The predicted octanol–water partition coefficient (Wildman–Crippen LogP) is 3.02. The average Bonchev–Trinajstić information content (AvgIpc) is 3.22. The van der Waals surface area contributed by atoms with E-state index in [2.05, 4.69) is 50.6 Å². The molecule has 0 aliphatic carbocycles. The van der Waals surface area contributed by atoms with Crippen molar-refractivity contribution >= 4 is 5.91 Å². The zero-order chi connectivity index (χ0) is 20.8. The zero-order valence-electron chi connectivity index (χ0n) is 18.1. The normalized spacial score (nSPS) is 21.6. The number of nitrogens with one attached hydrogen (secondary N) is 1. The highest BCUT2D eigenvalue weighted by Gasteiger charge is 2.31. The number of hydrogen-bond acceptors (Lipinski definition) is 5. The van der Waals surface area contributed by atoms with Gasteiger partial charge in [0.1, 0.15) is 0 Å². The van der Waals surface area contributed by atoms with Gasteiger partial charge < -0.3 is 14.7 Å². The summed E-state index contributed by atoms with van der Waals surface area (Å²) in [6, 6.07) is 13.2. The first-order valence-electron chi connectivity index (χ1n) is 11.4. The molecule has 6 nitrogen and oxygen atoms in total. The molecule has 2 fully saturated rings. The van der Waals surface area contributed by atoms with E-state index in [4.69, 9.17) is 4.52 Å². The highest BCUT2D eigenvalue weighted by Crippen LogP contribution is 2.24. The van der Waals surface area contributed by atoms with Gasteiger partial charge in [-0.15, -0.1) is 0 Å². The second-order valence-electron chi connectivity index (χ2n) is 8.79. The Morgan fingerprint density at radius 2 is 1.97 bits per heavy atom. The summed E-state index contributed by atoms with van der Waals surface area (Å²) in [7, 11) is 0. The van der Waals surface area contributed by atoms with Crippen LogP contribution in [0.2, 0.25) is 0 Å². The van der Waals surface area contributed by atoms with Gasteiger partial charge in [-0.3, -0.25) is 9.69 Å². The molecule has 1 amide bonds. The molecule has 0 radical (unpaired) electrons. The van der Waals surface area contributed by atoms with Crippen LogP contribution < -0.4 is 5.32 Å². The second-order valence-corrected chi connectivity index (χ2v) is 8.79. The SMILES string of the molecule is Cc1cc(CNC(=O)C2CCCN(C3CCN(CCc4ccccc4)CC3)C2)on1. The maximum Gasteiger partial charge on any atom is 0.224 e. The van der Waals surface area contributed by atoms with Gasteiger partial charge in [-0.05, 0) is 64.2 Å². The van der Waals surface area contributed by atoms with E-state index in [1.165, 1.54) is 18.4 Å². The van der Waals surface area contributed by atoms with E-state index in [-0.39, 0.29) is 11.8 Å². The minimum atomic E-state index is 0.0823. The fraction of sp³-hybridized carbons (Fsp3) is 0.583. The molecule has 4 rings (SSSR count). The van der Waals surface area contributed by atoms with Crippen LogP contribution in [-0.2, 0) is 17.8 Å². The molecule has 1 unspecified atom stereocenters. The Morgan fingerprint density at radius 3 is 2.70 bits per heavy atom. The first-order chi connectivity index (χ1) is 14.7. The highest BCUT2D eigenvalue weighted by molar-refractivity contribution is 5.78. The standard InChI is InChI=1S/C24H34N4O2/c1-19-16-23(30-26-19)17-25-24(29)21-8-5-12-28(18-21)22-10-14-27(15-11-22)13-9-20-6-3-2-4-7-20/h2-4,6-7,16,21-22H,5,8-15,17-18H2,1H3,(H,25,29). The van der Waals surface area contributed by atoms with Crippen molar-refractivity contribution in [1.29, 1.82) is 0 Å². The van der Waals surface area contributed by atoms with Crippen LogP contribution >= 0.6 is 0 Å². The van der Waals surface area contributed by atoms with E-state index >= 15 is 0 Å². The average molecular weight is 411 g/mol. The molecular weight excluding hydrogens is 376 g/mol. The molecule has 1 aromatic carbocycles. The quantitative estimate of drug-likeness (QED) is 0.760. The Labute approximate surface area is 179 Å². The van der Waals surface area contributed by atoms with Crippen LogP contribution in [0.4, 0.5) is 0 Å². The van der Waals surface area contributed by atoms with Crippen molar-refractivity contribution < 1.29 is 9.32 Å². The molecule has 2 aromatic rings. The van der Waals surface area contributed by atoms with E-state index < -0.39 is 0 Å². The van der Waals surface area contributed by atoms with Gasteiger partial charge in [0, 0.05) is 25.2 Å². The lowest BCUT2D eigenvalue weighted by molar-refractivity contribution is -0.127. The molecule has 2 saturated heterocycles. The molecule has 3 heterocycles.